The van der Waals surface area contributed by atoms with Gasteiger partial charge in [0.25, 0.3) is 0 Å². The largest absolute Gasteiger partial charge is 0.478 e. The van der Waals surface area contributed by atoms with Crippen LogP contribution in [0.2, 0.25) is 0 Å². The molecule has 16 heavy (non-hydrogen) atoms. The lowest BCUT2D eigenvalue weighted by Gasteiger charge is -2.02. The molecule has 0 amide bonds. The van der Waals surface area contributed by atoms with Crippen LogP contribution in [-0.4, -0.2) is 21.0 Å². The molecule has 1 aromatic carbocycles. The van der Waals surface area contributed by atoms with Crippen LogP contribution >= 0.6 is 12.6 Å². The van der Waals surface area contributed by atoms with Crippen LogP contribution in [0.3, 0.4) is 0 Å². The molecule has 0 bridgehead atoms. The highest BCUT2D eigenvalue weighted by atomic mass is 32.1. The van der Waals surface area contributed by atoms with Crippen LogP contribution in [0.4, 0.5) is 4.39 Å². The monoisotopic (exact) mass is 238 g/mol. The zero-order valence-electron chi connectivity index (χ0n) is 7.94. The molecule has 82 valence electrons. The molecule has 2 aromatic rings. The van der Waals surface area contributed by atoms with Gasteiger partial charge in [0.05, 0.1) is 16.8 Å². The van der Waals surface area contributed by atoms with Crippen molar-refractivity contribution >= 4 is 18.6 Å². The Morgan fingerprint density at radius 2 is 2.25 bits per heavy atom. The topological polar surface area (TPSA) is 66.0 Å². The fourth-order valence-corrected chi connectivity index (χ4v) is 1.51. The standard InChI is InChI=1S/C10H7FN2O2S/c11-5-1-2-6(10(14)15)7(3-5)9-12-4-8(16)13-9/h1-4,16H,(H,12,13)(H,14,15). The average Bonchev–Trinajstić information content (AvgIpc) is 2.64. The van der Waals surface area contributed by atoms with Gasteiger partial charge in [0.15, 0.2) is 0 Å². The minimum absolute atomic E-state index is 0.0101. The summed E-state index contributed by atoms with van der Waals surface area (Å²) in [6.07, 6.45) is 1.43. The highest BCUT2D eigenvalue weighted by Crippen LogP contribution is 2.22. The van der Waals surface area contributed by atoms with Crippen LogP contribution in [0.1, 0.15) is 10.4 Å². The third-order valence-corrected chi connectivity index (χ3v) is 2.26. The molecule has 0 radical (unpaired) electrons. The maximum absolute atomic E-state index is 13.0. The van der Waals surface area contributed by atoms with Gasteiger partial charge in [0, 0.05) is 5.56 Å². The van der Waals surface area contributed by atoms with E-state index < -0.39 is 11.8 Å². The second-order valence-corrected chi connectivity index (χ2v) is 3.59. The number of benzene rings is 1. The van der Waals surface area contributed by atoms with E-state index in [2.05, 4.69) is 22.6 Å². The van der Waals surface area contributed by atoms with Crippen LogP contribution in [0, 0.1) is 5.82 Å². The Morgan fingerprint density at radius 1 is 1.50 bits per heavy atom. The van der Waals surface area contributed by atoms with E-state index in [1.54, 1.807) is 0 Å². The van der Waals surface area contributed by atoms with Gasteiger partial charge in [0.2, 0.25) is 0 Å². The quantitative estimate of drug-likeness (QED) is 0.703. The van der Waals surface area contributed by atoms with E-state index in [0.717, 1.165) is 12.1 Å². The Kier molecular flexibility index (Phi) is 2.66. The molecule has 1 aromatic heterocycles. The van der Waals surface area contributed by atoms with Gasteiger partial charge in [-0.2, -0.15) is 0 Å². The second kappa shape index (κ2) is 3.97. The molecule has 0 spiro atoms. The van der Waals surface area contributed by atoms with Crippen molar-refractivity contribution in [2.24, 2.45) is 0 Å². The molecule has 0 aliphatic heterocycles. The summed E-state index contributed by atoms with van der Waals surface area (Å²) in [4.78, 5) is 17.6. The van der Waals surface area contributed by atoms with Crippen molar-refractivity contribution in [3.8, 4) is 11.4 Å². The molecule has 0 atom stereocenters. The van der Waals surface area contributed by atoms with Crippen LogP contribution < -0.4 is 0 Å². The number of halogens is 1. The highest BCUT2D eigenvalue weighted by Gasteiger charge is 2.14. The van der Waals surface area contributed by atoms with Crippen LogP contribution in [-0.2, 0) is 0 Å². The number of imidazole rings is 1. The molecule has 0 unspecified atom stereocenters. The Balaban J connectivity index is 2.62. The van der Waals surface area contributed by atoms with Crippen molar-refractivity contribution in [2.45, 2.75) is 5.03 Å². The lowest BCUT2D eigenvalue weighted by molar-refractivity contribution is 0.0697. The maximum atomic E-state index is 13.0. The predicted molar refractivity (Wildman–Crippen MR) is 58.2 cm³/mol. The Hall–Kier alpha value is -1.82. The number of hydrogen-bond donors (Lipinski definition) is 3. The van der Waals surface area contributed by atoms with Crippen molar-refractivity contribution in [3.05, 3.63) is 35.8 Å². The van der Waals surface area contributed by atoms with Crippen molar-refractivity contribution in [1.82, 2.24) is 9.97 Å². The van der Waals surface area contributed by atoms with E-state index in [0.29, 0.717) is 5.03 Å². The summed E-state index contributed by atoms with van der Waals surface area (Å²) in [6, 6.07) is 3.42. The molecule has 1 heterocycles. The molecular formula is C10H7FN2O2S. The molecule has 0 saturated heterocycles. The molecule has 0 fully saturated rings. The normalized spacial score (nSPS) is 10.4. The summed E-state index contributed by atoms with van der Waals surface area (Å²) in [5, 5.41) is 9.42. The summed E-state index contributed by atoms with van der Waals surface area (Å²) < 4.78 is 13.0. The fourth-order valence-electron chi connectivity index (χ4n) is 1.35. The van der Waals surface area contributed by atoms with Crippen molar-refractivity contribution in [2.75, 3.05) is 0 Å². The van der Waals surface area contributed by atoms with E-state index in [4.69, 9.17) is 5.11 Å². The summed E-state index contributed by atoms with van der Waals surface area (Å²) >= 11 is 4.01. The molecule has 0 aliphatic carbocycles. The highest BCUT2D eigenvalue weighted by molar-refractivity contribution is 7.80. The van der Waals surface area contributed by atoms with E-state index in [9.17, 15) is 9.18 Å². The van der Waals surface area contributed by atoms with Gasteiger partial charge in [-0.05, 0) is 18.2 Å². The molecule has 6 heteroatoms. The Morgan fingerprint density at radius 3 is 2.81 bits per heavy atom. The minimum Gasteiger partial charge on any atom is -0.478 e. The number of nitrogens with zero attached hydrogens (tertiary/aromatic N) is 1. The van der Waals surface area contributed by atoms with Crippen molar-refractivity contribution < 1.29 is 14.3 Å². The number of carbonyl (C=O) groups is 1. The van der Waals surface area contributed by atoms with Gasteiger partial charge in [-0.25, -0.2) is 14.2 Å². The lowest BCUT2D eigenvalue weighted by atomic mass is 10.1. The van der Waals surface area contributed by atoms with Gasteiger partial charge in [-0.15, -0.1) is 12.6 Å². The van der Waals surface area contributed by atoms with E-state index in [1.165, 1.54) is 12.3 Å². The fraction of sp³-hybridized carbons (Fsp3) is 0. The van der Waals surface area contributed by atoms with Gasteiger partial charge in [0.1, 0.15) is 11.6 Å². The molecule has 0 aliphatic rings. The number of aromatic amines is 1. The maximum Gasteiger partial charge on any atom is 0.336 e. The average molecular weight is 238 g/mol. The molecule has 2 rings (SSSR count). The first-order valence-electron chi connectivity index (χ1n) is 4.35. The van der Waals surface area contributed by atoms with Gasteiger partial charge in [-0.1, -0.05) is 0 Å². The zero-order chi connectivity index (χ0) is 11.7. The van der Waals surface area contributed by atoms with E-state index >= 15 is 0 Å². The number of nitrogens with one attached hydrogen (secondary N) is 1. The Bertz CT molecular complexity index is 554. The molecule has 0 saturated carbocycles. The van der Waals surface area contributed by atoms with Crippen LogP contribution in [0.15, 0.2) is 29.4 Å². The van der Waals surface area contributed by atoms with E-state index in [1.807, 2.05) is 0 Å². The number of rotatable bonds is 2. The second-order valence-electron chi connectivity index (χ2n) is 3.11. The number of carboxylic acid groups (broad SMARTS) is 1. The van der Waals surface area contributed by atoms with Gasteiger partial charge < -0.3 is 10.1 Å². The smallest absolute Gasteiger partial charge is 0.336 e. The SMILES string of the molecule is O=C(O)c1ccc(F)cc1-c1ncc(S)[nH]1. The van der Waals surface area contributed by atoms with Crippen molar-refractivity contribution in [3.63, 3.8) is 0 Å². The number of thiol groups is 1. The first-order chi connectivity index (χ1) is 7.58. The zero-order valence-corrected chi connectivity index (χ0v) is 8.83. The van der Waals surface area contributed by atoms with Crippen LogP contribution in [0.25, 0.3) is 11.4 Å². The summed E-state index contributed by atoms with van der Waals surface area (Å²) in [5.74, 6) is -1.37. The first kappa shape index (κ1) is 10.7. The van der Waals surface area contributed by atoms with Crippen molar-refractivity contribution in [1.29, 1.82) is 0 Å². The summed E-state index contributed by atoms with van der Waals surface area (Å²) in [6.45, 7) is 0. The summed E-state index contributed by atoms with van der Waals surface area (Å²) in [7, 11) is 0. The summed E-state index contributed by atoms with van der Waals surface area (Å²) in [5.41, 5.74) is 0.192. The first-order valence-corrected chi connectivity index (χ1v) is 4.80. The molecular weight excluding hydrogens is 231 g/mol. The number of H-pyrrole nitrogens is 1. The van der Waals surface area contributed by atoms with Gasteiger partial charge >= 0.3 is 5.97 Å². The van der Waals surface area contributed by atoms with Crippen LogP contribution in [0.5, 0.6) is 0 Å². The molecule has 4 nitrogen and oxygen atoms in total. The lowest BCUT2D eigenvalue weighted by Crippen LogP contribution is -2.00. The number of carboxylic acids is 1. The predicted octanol–water partition coefficient (Wildman–Crippen LogP) is 2.20. The third kappa shape index (κ3) is 1.92. The Labute approximate surface area is 95.6 Å². The van der Waals surface area contributed by atoms with E-state index in [-0.39, 0.29) is 17.0 Å². The molecule has 2 N–H and O–H groups in total. The third-order valence-electron chi connectivity index (χ3n) is 2.03. The number of aromatic carboxylic acids is 1. The van der Waals surface area contributed by atoms with Gasteiger partial charge in [-0.3, -0.25) is 0 Å². The minimum atomic E-state index is -1.13. The number of aromatic nitrogens is 2. The number of hydrogen-bond acceptors (Lipinski definition) is 3.